The quantitative estimate of drug-likeness (QED) is 0.860. The van der Waals surface area contributed by atoms with Gasteiger partial charge in [0.25, 0.3) is 0 Å². The van der Waals surface area contributed by atoms with Crippen molar-refractivity contribution >= 4 is 11.6 Å². The van der Waals surface area contributed by atoms with E-state index in [9.17, 15) is 5.11 Å². The van der Waals surface area contributed by atoms with Crippen LogP contribution in [-0.2, 0) is 6.42 Å². The minimum atomic E-state index is -0.758. The van der Waals surface area contributed by atoms with Crippen molar-refractivity contribution in [3.05, 3.63) is 64.9 Å². The smallest absolute Gasteiger partial charge is 0.0715 e. The Morgan fingerprint density at radius 2 is 2.10 bits per heavy atom. The highest BCUT2D eigenvalue weighted by atomic mass is 35.5. The number of aliphatic hydroxyl groups is 1. The molecule has 0 saturated heterocycles. The van der Waals surface area contributed by atoms with E-state index in [2.05, 4.69) is 16.4 Å². The van der Waals surface area contributed by atoms with Crippen LogP contribution in [0.5, 0.6) is 0 Å². The minimum absolute atomic E-state index is 0.0827. The van der Waals surface area contributed by atoms with Crippen LogP contribution in [0, 0.1) is 0 Å². The topological polar surface area (TPSA) is 45.1 Å². The fourth-order valence-electron chi connectivity index (χ4n) is 2.16. The van der Waals surface area contributed by atoms with E-state index in [0.29, 0.717) is 11.6 Å². The molecule has 0 fully saturated rings. The van der Waals surface area contributed by atoms with Crippen molar-refractivity contribution < 1.29 is 5.11 Å². The Bertz CT molecular complexity index is 567. The van der Waals surface area contributed by atoms with Gasteiger partial charge in [0.05, 0.1) is 5.60 Å². The van der Waals surface area contributed by atoms with Crippen LogP contribution in [0.4, 0.5) is 0 Å². The van der Waals surface area contributed by atoms with Crippen molar-refractivity contribution in [2.24, 2.45) is 0 Å². The summed E-state index contributed by atoms with van der Waals surface area (Å²) in [6.07, 6.45) is 4.43. The van der Waals surface area contributed by atoms with Gasteiger partial charge in [0.15, 0.2) is 0 Å². The highest BCUT2D eigenvalue weighted by molar-refractivity contribution is 6.30. The van der Waals surface area contributed by atoms with Crippen LogP contribution in [0.1, 0.15) is 31.0 Å². The summed E-state index contributed by atoms with van der Waals surface area (Å²) in [6.45, 7) is 4.09. The number of hydrogen-bond donors (Lipinski definition) is 2. The van der Waals surface area contributed by atoms with Gasteiger partial charge in [-0.05, 0) is 49.6 Å². The number of nitrogens with one attached hydrogen (secondary N) is 1. The van der Waals surface area contributed by atoms with Crippen molar-refractivity contribution in [2.45, 2.75) is 31.9 Å². The highest BCUT2D eigenvalue weighted by Crippen LogP contribution is 2.22. The van der Waals surface area contributed by atoms with E-state index in [1.165, 1.54) is 0 Å². The summed E-state index contributed by atoms with van der Waals surface area (Å²) in [5.74, 6) is 0. The van der Waals surface area contributed by atoms with Gasteiger partial charge in [0.1, 0.15) is 0 Å². The van der Waals surface area contributed by atoms with Crippen molar-refractivity contribution in [1.29, 1.82) is 0 Å². The Morgan fingerprint density at radius 3 is 2.71 bits per heavy atom. The molecule has 0 aliphatic rings. The van der Waals surface area contributed by atoms with Crippen LogP contribution in [-0.4, -0.2) is 22.2 Å². The summed E-state index contributed by atoms with van der Waals surface area (Å²) in [6, 6.07) is 11.9. The molecule has 2 rings (SSSR count). The number of benzene rings is 1. The van der Waals surface area contributed by atoms with Crippen LogP contribution < -0.4 is 5.32 Å². The van der Waals surface area contributed by atoms with Crippen LogP contribution in [0.25, 0.3) is 0 Å². The Kier molecular flexibility index (Phi) is 5.34. The highest BCUT2D eigenvalue weighted by Gasteiger charge is 2.18. The van der Waals surface area contributed by atoms with E-state index >= 15 is 0 Å². The maximum Gasteiger partial charge on any atom is 0.0715 e. The molecule has 1 heterocycles. The van der Waals surface area contributed by atoms with E-state index in [-0.39, 0.29) is 6.04 Å². The molecule has 0 saturated carbocycles. The van der Waals surface area contributed by atoms with Crippen LogP contribution in [0.15, 0.2) is 48.8 Å². The third-order valence-corrected chi connectivity index (χ3v) is 3.43. The van der Waals surface area contributed by atoms with Crippen LogP contribution in [0.3, 0.4) is 0 Å². The number of pyridine rings is 1. The molecule has 1 unspecified atom stereocenters. The molecule has 0 spiro atoms. The second kappa shape index (κ2) is 7.03. The molecule has 2 N–H and O–H groups in total. The van der Waals surface area contributed by atoms with Gasteiger partial charge in [-0.15, -0.1) is 0 Å². The molecule has 0 aliphatic carbocycles. The first kappa shape index (κ1) is 16.0. The summed E-state index contributed by atoms with van der Waals surface area (Å²) in [5, 5.41) is 14.1. The lowest BCUT2D eigenvalue weighted by atomic mass is 9.98. The molecule has 0 aliphatic heterocycles. The van der Waals surface area contributed by atoms with E-state index < -0.39 is 5.60 Å². The average molecular weight is 305 g/mol. The monoisotopic (exact) mass is 304 g/mol. The molecule has 1 atom stereocenters. The van der Waals surface area contributed by atoms with Gasteiger partial charge in [-0.1, -0.05) is 29.8 Å². The van der Waals surface area contributed by atoms with Crippen molar-refractivity contribution in [1.82, 2.24) is 10.3 Å². The van der Waals surface area contributed by atoms with Crippen molar-refractivity contribution in [3.63, 3.8) is 0 Å². The zero-order valence-electron chi connectivity index (χ0n) is 12.4. The molecular weight excluding hydrogens is 284 g/mol. The lowest BCUT2D eigenvalue weighted by Gasteiger charge is -2.25. The predicted molar refractivity (Wildman–Crippen MR) is 86.4 cm³/mol. The molecule has 0 amide bonds. The summed E-state index contributed by atoms with van der Waals surface area (Å²) in [5.41, 5.74) is 1.49. The molecule has 3 nitrogen and oxygen atoms in total. The SMILES string of the molecule is CC(C)(O)CNC(Cc1cccnc1)c1cccc(Cl)c1. The summed E-state index contributed by atoms with van der Waals surface area (Å²) < 4.78 is 0. The number of aromatic nitrogens is 1. The van der Waals surface area contributed by atoms with Crippen molar-refractivity contribution in [2.75, 3.05) is 6.54 Å². The number of nitrogens with zero attached hydrogens (tertiary/aromatic N) is 1. The van der Waals surface area contributed by atoms with Gasteiger partial charge >= 0.3 is 0 Å². The second-order valence-corrected chi connectivity index (χ2v) is 6.30. The number of halogens is 1. The Morgan fingerprint density at radius 1 is 1.29 bits per heavy atom. The maximum absolute atomic E-state index is 9.93. The van der Waals surface area contributed by atoms with Gasteiger partial charge < -0.3 is 10.4 Å². The summed E-state index contributed by atoms with van der Waals surface area (Å²) in [4.78, 5) is 4.15. The van der Waals surface area contributed by atoms with Gasteiger partial charge in [0, 0.05) is 30.0 Å². The second-order valence-electron chi connectivity index (χ2n) is 5.87. The third-order valence-electron chi connectivity index (χ3n) is 3.19. The Labute approximate surface area is 131 Å². The van der Waals surface area contributed by atoms with Crippen LogP contribution in [0.2, 0.25) is 5.02 Å². The lowest BCUT2D eigenvalue weighted by molar-refractivity contribution is 0.0763. The Balaban J connectivity index is 2.17. The zero-order valence-corrected chi connectivity index (χ0v) is 13.1. The molecule has 1 aromatic carbocycles. The van der Waals surface area contributed by atoms with Gasteiger partial charge in [-0.25, -0.2) is 0 Å². The molecule has 112 valence electrons. The first-order valence-electron chi connectivity index (χ1n) is 7.04. The third kappa shape index (κ3) is 5.46. The van der Waals surface area contributed by atoms with Crippen molar-refractivity contribution in [3.8, 4) is 0 Å². The fraction of sp³-hybridized carbons (Fsp3) is 0.353. The van der Waals surface area contributed by atoms with E-state index in [1.807, 2.05) is 36.5 Å². The zero-order chi connectivity index (χ0) is 15.3. The molecule has 21 heavy (non-hydrogen) atoms. The number of hydrogen-bond acceptors (Lipinski definition) is 3. The van der Waals surface area contributed by atoms with Gasteiger partial charge in [-0.2, -0.15) is 0 Å². The van der Waals surface area contributed by atoms with Gasteiger partial charge in [-0.3, -0.25) is 4.98 Å². The fourth-order valence-corrected chi connectivity index (χ4v) is 2.36. The Hall–Kier alpha value is -1.42. The summed E-state index contributed by atoms with van der Waals surface area (Å²) in [7, 11) is 0. The lowest BCUT2D eigenvalue weighted by Crippen LogP contribution is -2.37. The van der Waals surface area contributed by atoms with E-state index in [4.69, 9.17) is 11.6 Å². The summed E-state index contributed by atoms with van der Waals surface area (Å²) >= 11 is 6.09. The van der Waals surface area contributed by atoms with Gasteiger partial charge in [0.2, 0.25) is 0 Å². The first-order valence-corrected chi connectivity index (χ1v) is 7.42. The van der Waals surface area contributed by atoms with E-state index in [1.54, 1.807) is 20.0 Å². The molecule has 1 aromatic heterocycles. The molecular formula is C17H21ClN2O. The van der Waals surface area contributed by atoms with Crippen LogP contribution >= 0.6 is 11.6 Å². The largest absolute Gasteiger partial charge is 0.389 e. The average Bonchev–Trinajstić information content (AvgIpc) is 2.43. The normalized spacial score (nSPS) is 13.1. The number of rotatable bonds is 6. The molecule has 4 heteroatoms. The predicted octanol–water partition coefficient (Wildman–Crippen LogP) is 3.38. The first-order chi connectivity index (χ1) is 9.94. The molecule has 0 bridgehead atoms. The minimum Gasteiger partial charge on any atom is -0.389 e. The molecule has 2 aromatic rings. The van der Waals surface area contributed by atoms with E-state index in [0.717, 1.165) is 17.5 Å². The molecule has 0 radical (unpaired) electrons. The maximum atomic E-state index is 9.93. The standard InChI is InChI=1S/C17H21ClN2O/c1-17(2,21)12-20-16(9-13-5-4-8-19-11-13)14-6-3-7-15(18)10-14/h3-8,10-11,16,20-21H,9,12H2,1-2H3.